The Morgan fingerprint density at radius 1 is 1.47 bits per heavy atom. The number of nitrogens with zero attached hydrogens (tertiary/aromatic N) is 3. The van der Waals surface area contributed by atoms with Crippen molar-refractivity contribution in [3.63, 3.8) is 0 Å². The summed E-state index contributed by atoms with van der Waals surface area (Å²) in [5, 5.41) is 9.88. The van der Waals surface area contributed by atoms with E-state index in [0.717, 1.165) is 31.5 Å². The Kier molecular flexibility index (Phi) is 3.07. The van der Waals surface area contributed by atoms with Gasteiger partial charge < -0.3 is 10.0 Å². The zero-order valence-corrected chi connectivity index (χ0v) is 9.41. The van der Waals surface area contributed by atoms with Crippen LogP contribution in [0.2, 0.25) is 5.15 Å². The molecule has 4 nitrogen and oxygen atoms in total. The standard InChI is InChI=1S/C10H14ClN3O/c1-7-6-12-10(13-9(7)11)14-4-2-8(15)3-5-14/h6,8,15H,2-5H2,1H3. The fraction of sp³-hybridized carbons (Fsp3) is 0.600. The highest BCUT2D eigenvalue weighted by Gasteiger charge is 2.19. The molecule has 0 radical (unpaired) electrons. The number of aliphatic hydroxyl groups excluding tert-OH is 1. The van der Waals surface area contributed by atoms with E-state index in [1.165, 1.54) is 0 Å². The molecule has 5 heteroatoms. The molecule has 1 aliphatic heterocycles. The molecule has 1 aromatic heterocycles. The minimum absolute atomic E-state index is 0.179. The van der Waals surface area contributed by atoms with Crippen LogP contribution in [0.15, 0.2) is 6.20 Å². The maximum atomic E-state index is 9.38. The van der Waals surface area contributed by atoms with Crippen molar-refractivity contribution in [3.05, 3.63) is 16.9 Å². The van der Waals surface area contributed by atoms with Gasteiger partial charge in [0.15, 0.2) is 0 Å². The monoisotopic (exact) mass is 227 g/mol. The minimum atomic E-state index is -0.179. The first-order valence-corrected chi connectivity index (χ1v) is 5.47. The molecule has 1 aliphatic rings. The minimum Gasteiger partial charge on any atom is -0.393 e. The second-order valence-electron chi connectivity index (χ2n) is 3.86. The topological polar surface area (TPSA) is 49.2 Å². The molecule has 0 unspecified atom stereocenters. The number of aliphatic hydroxyl groups is 1. The van der Waals surface area contributed by atoms with Gasteiger partial charge >= 0.3 is 0 Å². The predicted octanol–water partition coefficient (Wildman–Crippen LogP) is 1.40. The van der Waals surface area contributed by atoms with Crippen molar-refractivity contribution < 1.29 is 5.11 Å². The smallest absolute Gasteiger partial charge is 0.226 e. The number of hydrogen-bond donors (Lipinski definition) is 1. The lowest BCUT2D eigenvalue weighted by atomic mass is 10.1. The highest BCUT2D eigenvalue weighted by Crippen LogP contribution is 2.19. The zero-order valence-electron chi connectivity index (χ0n) is 8.65. The fourth-order valence-corrected chi connectivity index (χ4v) is 1.76. The molecule has 1 aromatic rings. The van der Waals surface area contributed by atoms with Crippen LogP contribution < -0.4 is 4.90 Å². The van der Waals surface area contributed by atoms with Gasteiger partial charge in [-0.15, -0.1) is 0 Å². The summed E-state index contributed by atoms with van der Waals surface area (Å²) in [5.41, 5.74) is 0.887. The molecule has 82 valence electrons. The van der Waals surface area contributed by atoms with Crippen molar-refractivity contribution in [1.29, 1.82) is 0 Å². The Labute approximate surface area is 93.9 Å². The van der Waals surface area contributed by atoms with E-state index in [4.69, 9.17) is 11.6 Å². The average Bonchev–Trinajstić information content (AvgIpc) is 2.23. The number of halogens is 1. The van der Waals surface area contributed by atoms with E-state index in [0.29, 0.717) is 11.1 Å². The largest absolute Gasteiger partial charge is 0.393 e. The van der Waals surface area contributed by atoms with Crippen LogP contribution in [0.3, 0.4) is 0 Å². The summed E-state index contributed by atoms with van der Waals surface area (Å²) in [5.74, 6) is 0.664. The number of aryl methyl sites for hydroxylation is 1. The summed E-state index contributed by atoms with van der Waals surface area (Å²) >= 11 is 5.93. The lowest BCUT2D eigenvalue weighted by Gasteiger charge is -2.29. The van der Waals surface area contributed by atoms with E-state index < -0.39 is 0 Å². The lowest BCUT2D eigenvalue weighted by molar-refractivity contribution is 0.145. The van der Waals surface area contributed by atoms with E-state index in [-0.39, 0.29) is 6.10 Å². The summed E-state index contributed by atoms with van der Waals surface area (Å²) in [6.45, 7) is 3.47. The Morgan fingerprint density at radius 3 is 2.73 bits per heavy atom. The molecule has 0 aliphatic carbocycles. The maximum absolute atomic E-state index is 9.38. The highest BCUT2D eigenvalue weighted by molar-refractivity contribution is 6.30. The third-order valence-corrected chi connectivity index (χ3v) is 3.03. The quantitative estimate of drug-likeness (QED) is 0.737. The van der Waals surface area contributed by atoms with Crippen molar-refractivity contribution in [1.82, 2.24) is 9.97 Å². The van der Waals surface area contributed by atoms with E-state index in [2.05, 4.69) is 14.9 Å². The molecule has 0 atom stereocenters. The highest BCUT2D eigenvalue weighted by atomic mass is 35.5. The molecular weight excluding hydrogens is 214 g/mol. The third-order valence-electron chi connectivity index (χ3n) is 2.64. The summed E-state index contributed by atoms with van der Waals surface area (Å²) in [7, 11) is 0. The summed E-state index contributed by atoms with van der Waals surface area (Å²) in [4.78, 5) is 10.5. The average molecular weight is 228 g/mol. The molecule has 0 spiro atoms. The number of rotatable bonds is 1. The van der Waals surface area contributed by atoms with Gasteiger partial charge in [0.2, 0.25) is 5.95 Å². The molecule has 0 amide bonds. The first-order chi connectivity index (χ1) is 7.16. The van der Waals surface area contributed by atoms with E-state index >= 15 is 0 Å². The van der Waals surface area contributed by atoms with Gasteiger partial charge in [-0.2, -0.15) is 0 Å². The Bertz CT molecular complexity index is 351. The summed E-state index contributed by atoms with van der Waals surface area (Å²) in [6.07, 6.45) is 3.10. The Hall–Kier alpha value is -0.870. The first kappa shape index (κ1) is 10.6. The molecule has 1 saturated heterocycles. The number of anilines is 1. The first-order valence-electron chi connectivity index (χ1n) is 5.09. The van der Waals surface area contributed by atoms with Crippen molar-refractivity contribution >= 4 is 17.5 Å². The van der Waals surface area contributed by atoms with E-state index in [9.17, 15) is 5.11 Å². The van der Waals surface area contributed by atoms with Crippen molar-refractivity contribution in [2.75, 3.05) is 18.0 Å². The third kappa shape index (κ3) is 2.38. The molecule has 1 fully saturated rings. The molecule has 1 N–H and O–H groups in total. The number of aromatic nitrogens is 2. The lowest BCUT2D eigenvalue weighted by Crippen LogP contribution is -2.36. The normalized spacial score (nSPS) is 18.2. The molecule has 0 aromatic carbocycles. The molecule has 15 heavy (non-hydrogen) atoms. The SMILES string of the molecule is Cc1cnc(N2CCC(O)CC2)nc1Cl. The Morgan fingerprint density at radius 2 is 2.13 bits per heavy atom. The van der Waals surface area contributed by atoms with E-state index in [1.54, 1.807) is 6.20 Å². The van der Waals surface area contributed by atoms with Crippen LogP contribution in [0.1, 0.15) is 18.4 Å². The van der Waals surface area contributed by atoms with E-state index in [1.807, 2.05) is 6.92 Å². The van der Waals surface area contributed by atoms with Gasteiger partial charge in [0, 0.05) is 24.8 Å². The number of piperidine rings is 1. The van der Waals surface area contributed by atoms with Gasteiger partial charge in [-0.25, -0.2) is 9.97 Å². The van der Waals surface area contributed by atoms with Crippen molar-refractivity contribution in [3.8, 4) is 0 Å². The van der Waals surface area contributed by atoms with Crippen molar-refractivity contribution in [2.24, 2.45) is 0 Å². The second kappa shape index (κ2) is 4.33. The van der Waals surface area contributed by atoms with Crippen LogP contribution in [0.5, 0.6) is 0 Å². The van der Waals surface area contributed by atoms with Gasteiger partial charge in [0.25, 0.3) is 0 Å². The fourth-order valence-electron chi connectivity index (χ4n) is 1.63. The van der Waals surface area contributed by atoms with Gasteiger partial charge in [-0.1, -0.05) is 11.6 Å². The van der Waals surface area contributed by atoms with Crippen LogP contribution in [0.4, 0.5) is 5.95 Å². The van der Waals surface area contributed by atoms with Crippen LogP contribution in [0, 0.1) is 6.92 Å². The van der Waals surface area contributed by atoms with Crippen LogP contribution in [0.25, 0.3) is 0 Å². The van der Waals surface area contributed by atoms with Gasteiger partial charge in [-0.3, -0.25) is 0 Å². The number of hydrogen-bond acceptors (Lipinski definition) is 4. The maximum Gasteiger partial charge on any atom is 0.226 e. The van der Waals surface area contributed by atoms with Crippen LogP contribution in [-0.4, -0.2) is 34.3 Å². The van der Waals surface area contributed by atoms with Crippen LogP contribution >= 0.6 is 11.6 Å². The summed E-state index contributed by atoms with van der Waals surface area (Å²) in [6, 6.07) is 0. The van der Waals surface area contributed by atoms with Crippen molar-refractivity contribution in [2.45, 2.75) is 25.9 Å². The predicted molar refractivity (Wildman–Crippen MR) is 59.2 cm³/mol. The second-order valence-corrected chi connectivity index (χ2v) is 4.22. The summed E-state index contributed by atoms with van der Waals surface area (Å²) < 4.78 is 0. The van der Waals surface area contributed by atoms with Gasteiger partial charge in [0.05, 0.1) is 6.10 Å². The molecular formula is C10H14ClN3O. The Balaban J connectivity index is 2.12. The zero-order chi connectivity index (χ0) is 10.8. The van der Waals surface area contributed by atoms with Gasteiger partial charge in [0.1, 0.15) is 5.15 Å². The van der Waals surface area contributed by atoms with Crippen LogP contribution in [-0.2, 0) is 0 Å². The molecule has 0 bridgehead atoms. The molecule has 0 saturated carbocycles. The van der Waals surface area contributed by atoms with Gasteiger partial charge in [-0.05, 0) is 19.8 Å². The molecule has 2 rings (SSSR count). The molecule has 2 heterocycles.